The van der Waals surface area contributed by atoms with E-state index in [1.54, 1.807) is 25.1 Å². The first-order valence-electron chi connectivity index (χ1n) is 6.72. The number of benzene rings is 2. The molecule has 0 heterocycles. The molecule has 0 amide bonds. The van der Waals surface area contributed by atoms with Crippen LogP contribution >= 0.6 is 11.6 Å². The number of aryl methyl sites for hydroxylation is 1. The quantitative estimate of drug-likeness (QED) is 0.451. The second-order valence-electron chi connectivity index (χ2n) is 4.76. The van der Waals surface area contributed by atoms with E-state index in [1.807, 2.05) is 0 Å². The molecule has 0 bridgehead atoms. The van der Waals surface area contributed by atoms with E-state index >= 15 is 0 Å². The first-order valence-corrected chi connectivity index (χ1v) is 7.10. The van der Waals surface area contributed by atoms with E-state index in [4.69, 9.17) is 16.3 Å². The lowest BCUT2D eigenvalue weighted by molar-refractivity contribution is -0.384. The molecule has 0 saturated heterocycles. The Morgan fingerprint density at radius 2 is 1.96 bits per heavy atom. The van der Waals surface area contributed by atoms with Gasteiger partial charge in [-0.2, -0.15) is 0 Å². The van der Waals surface area contributed by atoms with E-state index in [1.165, 1.54) is 12.1 Å². The van der Waals surface area contributed by atoms with Gasteiger partial charge < -0.3 is 4.74 Å². The first-order chi connectivity index (χ1) is 10.9. The minimum atomic E-state index is -0.599. The molecule has 0 atom stereocenters. The van der Waals surface area contributed by atoms with Gasteiger partial charge in [-0.1, -0.05) is 11.6 Å². The van der Waals surface area contributed by atoms with E-state index < -0.39 is 11.6 Å². The average Bonchev–Trinajstić information content (AvgIpc) is 2.52. The number of alkyl halides is 1. The van der Waals surface area contributed by atoms with Gasteiger partial charge in [0.05, 0.1) is 9.95 Å². The van der Waals surface area contributed by atoms with E-state index in [-0.39, 0.29) is 28.7 Å². The minimum absolute atomic E-state index is 0.0151. The van der Waals surface area contributed by atoms with Crippen molar-refractivity contribution < 1.29 is 18.8 Å². The van der Waals surface area contributed by atoms with E-state index in [9.17, 15) is 19.3 Å². The largest absolute Gasteiger partial charge is 0.491 e. The molecule has 0 saturated carbocycles. The Labute approximate surface area is 136 Å². The molecule has 5 nitrogen and oxygen atoms in total. The van der Waals surface area contributed by atoms with Gasteiger partial charge in [-0.3, -0.25) is 14.9 Å². The van der Waals surface area contributed by atoms with Crippen LogP contribution in [0.25, 0.3) is 0 Å². The predicted octanol–water partition coefficient (Wildman–Crippen LogP) is 4.14. The fourth-order valence-corrected chi connectivity index (χ4v) is 2.34. The van der Waals surface area contributed by atoms with Gasteiger partial charge in [0.25, 0.3) is 5.69 Å². The number of non-ortho nitro benzene ring substituents is 1. The van der Waals surface area contributed by atoms with Crippen LogP contribution in [0.15, 0.2) is 36.4 Å². The van der Waals surface area contributed by atoms with Gasteiger partial charge in [0, 0.05) is 23.3 Å². The second-order valence-corrected chi connectivity index (χ2v) is 5.17. The highest BCUT2D eigenvalue weighted by Gasteiger charge is 2.18. The zero-order valence-corrected chi connectivity index (χ0v) is 13.0. The fourth-order valence-electron chi connectivity index (χ4n) is 2.08. The maximum atomic E-state index is 12.5. The van der Waals surface area contributed by atoms with Gasteiger partial charge in [-0.15, -0.1) is 0 Å². The molecule has 23 heavy (non-hydrogen) atoms. The molecule has 0 radical (unpaired) electrons. The van der Waals surface area contributed by atoms with Crippen LogP contribution < -0.4 is 4.74 Å². The van der Waals surface area contributed by atoms with Gasteiger partial charge in [-0.05, 0) is 36.8 Å². The van der Waals surface area contributed by atoms with Crippen LogP contribution in [0.1, 0.15) is 21.5 Å². The molecule has 0 fully saturated rings. The van der Waals surface area contributed by atoms with Gasteiger partial charge >= 0.3 is 0 Å². The Bertz CT molecular complexity index is 764. The summed E-state index contributed by atoms with van der Waals surface area (Å²) >= 11 is 5.98. The van der Waals surface area contributed by atoms with Crippen LogP contribution in [0.3, 0.4) is 0 Å². The molecule has 0 aromatic heterocycles. The van der Waals surface area contributed by atoms with Crippen LogP contribution in [-0.2, 0) is 0 Å². The van der Waals surface area contributed by atoms with Crippen molar-refractivity contribution in [3.05, 3.63) is 68.2 Å². The topological polar surface area (TPSA) is 69.4 Å². The Morgan fingerprint density at radius 3 is 2.52 bits per heavy atom. The van der Waals surface area contributed by atoms with Gasteiger partial charge in [0.15, 0.2) is 5.78 Å². The summed E-state index contributed by atoms with van der Waals surface area (Å²) in [7, 11) is 0. The molecule has 0 aliphatic rings. The molecule has 0 spiro atoms. The average molecular weight is 338 g/mol. The molecule has 0 unspecified atom stereocenters. The van der Waals surface area contributed by atoms with E-state index in [0.717, 1.165) is 6.07 Å². The summed E-state index contributed by atoms with van der Waals surface area (Å²) in [6.45, 7) is 1.06. The van der Waals surface area contributed by atoms with E-state index in [0.29, 0.717) is 16.9 Å². The highest BCUT2D eigenvalue weighted by Crippen LogP contribution is 2.27. The number of halogens is 2. The van der Waals surface area contributed by atoms with Crippen LogP contribution in [0.5, 0.6) is 5.75 Å². The number of carbonyl (C=O) groups is 1. The Kier molecular flexibility index (Phi) is 5.28. The number of hydrogen-bond donors (Lipinski definition) is 0. The fraction of sp³-hybridized carbons (Fsp3) is 0.188. The number of rotatable bonds is 6. The minimum Gasteiger partial charge on any atom is -0.491 e. The molecular weight excluding hydrogens is 325 g/mol. The summed E-state index contributed by atoms with van der Waals surface area (Å²) in [5.74, 6) is 0.117. The van der Waals surface area contributed by atoms with Crippen LogP contribution in [-0.4, -0.2) is 24.0 Å². The third-order valence-electron chi connectivity index (χ3n) is 3.20. The first kappa shape index (κ1) is 16.9. The summed E-state index contributed by atoms with van der Waals surface area (Å²) in [6, 6.07) is 8.45. The number of ether oxygens (including phenoxy) is 1. The maximum absolute atomic E-state index is 12.5. The number of hydrogen-bond acceptors (Lipinski definition) is 4. The van der Waals surface area contributed by atoms with Gasteiger partial charge in [0.1, 0.15) is 19.0 Å². The molecule has 0 N–H and O–H groups in total. The van der Waals surface area contributed by atoms with Crippen molar-refractivity contribution in [2.24, 2.45) is 0 Å². The molecular formula is C16H13ClFNO4. The lowest BCUT2D eigenvalue weighted by Gasteiger charge is -2.09. The van der Waals surface area contributed by atoms with Gasteiger partial charge in [-0.25, -0.2) is 4.39 Å². The van der Waals surface area contributed by atoms with Crippen molar-refractivity contribution in [3.8, 4) is 5.75 Å². The van der Waals surface area contributed by atoms with Gasteiger partial charge in [0.2, 0.25) is 0 Å². The van der Waals surface area contributed by atoms with E-state index in [2.05, 4.69) is 0 Å². The van der Waals surface area contributed by atoms with Crippen LogP contribution in [0.2, 0.25) is 5.02 Å². The molecule has 2 aromatic rings. The highest BCUT2D eigenvalue weighted by molar-refractivity contribution is 6.35. The number of nitrogens with zero attached hydrogens (tertiary/aromatic N) is 1. The summed E-state index contributed by atoms with van der Waals surface area (Å²) < 4.78 is 17.3. The number of nitro groups is 1. The zero-order valence-electron chi connectivity index (χ0n) is 12.2. The number of nitro benzene ring substituents is 1. The summed E-state index contributed by atoms with van der Waals surface area (Å²) in [5.41, 5.74) is 1.03. The summed E-state index contributed by atoms with van der Waals surface area (Å²) in [4.78, 5) is 22.7. The van der Waals surface area contributed by atoms with Crippen molar-refractivity contribution in [2.45, 2.75) is 6.92 Å². The summed E-state index contributed by atoms with van der Waals surface area (Å²) in [5, 5.41) is 10.7. The maximum Gasteiger partial charge on any atom is 0.270 e. The lowest BCUT2D eigenvalue weighted by Crippen LogP contribution is -2.06. The second kappa shape index (κ2) is 7.19. The third kappa shape index (κ3) is 3.84. The van der Waals surface area contributed by atoms with Crippen LogP contribution in [0.4, 0.5) is 10.1 Å². The SMILES string of the molecule is Cc1cc(OCCF)ccc1C(=O)c1ccc([N+](=O)[O-])cc1Cl. The molecule has 120 valence electrons. The number of ketones is 1. The Hall–Kier alpha value is -2.47. The smallest absolute Gasteiger partial charge is 0.270 e. The van der Waals surface area contributed by atoms with Crippen molar-refractivity contribution in [2.75, 3.05) is 13.3 Å². The van der Waals surface area contributed by atoms with Crippen molar-refractivity contribution in [3.63, 3.8) is 0 Å². The van der Waals surface area contributed by atoms with Crippen molar-refractivity contribution in [1.82, 2.24) is 0 Å². The monoisotopic (exact) mass is 337 g/mol. The Morgan fingerprint density at radius 1 is 1.26 bits per heavy atom. The normalized spacial score (nSPS) is 10.4. The third-order valence-corrected chi connectivity index (χ3v) is 3.51. The van der Waals surface area contributed by atoms with Crippen LogP contribution in [0, 0.1) is 17.0 Å². The van der Waals surface area contributed by atoms with Crippen molar-refractivity contribution in [1.29, 1.82) is 0 Å². The Balaban J connectivity index is 2.32. The molecule has 2 rings (SSSR count). The van der Waals surface area contributed by atoms with Crippen molar-refractivity contribution >= 4 is 23.1 Å². The molecule has 0 aliphatic heterocycles. The standard InChI is InChI=1S/C16H13ClFNO4/c1-10-8-12(23-7-6-18)3-5-13(10)16(20)14-4-2-11(19(21)22)9-15(14)17/h2-5,8-9H,6-7H2,1H3. The number of carbonyl (C=O) groups excluding carboxylic acids is 1. The molecule has 2 aromatic carbocycles. The predicted molar refractivity (Wildman–Crippen MR) is 84.2 cm³/mol. The molecule has 0 aliphatic carbocycles. The molecule has 7 heteroatoms. The zero-order chi connectivity index (χ0) is 17.0. The highest BCUT2D eigenvalue weighted by atomic mass is 35.5. The lowest BCUT2D eigenvalue weighted by atomic mass is 9.98. The summed E-state index contributed by atoms with van der Waals surface area (Å²) in [6.07, 6.45) is 0.